The number of hydrogen-bond acceptors (Lipinski definition) is 4. The van der Waals surface area contributed by atoms with Crippen molar-refractivity contribution in [2.45, 2.75) is 57.5 Å². The molecule has 1 aliphatic carbocycles. The number of ketones is 1. The van der Waals surface area contributed by atoms with E-state index in [-0.39, 0.29) is 11.9 Å². The zero-order valence-corrected chi connectivity index (χ0v) is 16.3. The number of carbonyl (C=O) groups is 1. The Balaban J connectivity index is 1.45. The first-order chi connectivity index (χ1) is 13.7. The molecule has 4 heteroatoms. The van der Waals surface area contributed by atoms with E-state index in [1.807, 2.05) is 36.8 Å². The van der Waals surface area contributed by atoms with Gasteiger partial charge in [-0.3, -0.25) is 14.8 Å². The molecule has 0 amide bonds. The minimum absolute atomic E-state index is 0.129. The van der Waals surface area contributed by atoms with Gasteiger partial charge in [-0.05, 0) is 62.3 Å². The maximum Gasteiger partial charge on any atom is 0.163 e. The number of carbonyl (C=O) groups excluding carboxylic acids is 1. The molecule has 1 aromatic carbocycles. The second-order valence-electron chi connectivity index (χ2n) is 8.20. The number of hydrogen-bond donors (Lipinski definition) is 1. The van der Waals surface area contributed by atoms with Crippen molar-refractivity contribution in [3.63, 3.8) is 0 Å². The maximum absolute atomic E-state index is 12.9. The predicted molar refractivity (Wildman–Crippen MR) is 113 cm³/mol. The van der Waals surface area contributed by atoms with E-state index in [0.29, 0.717) is 18.3 Å². The first kappa shape index (κ1) is 19.0. The van der Waals surface area contributed by atoms with Crippen LogP contribution in [0, 0.1) is 11.8 Å². The molecule has 0 radical (unpaired) electrons. The summed E-state index contributed by atoms with van der Waals surface area (Å²) in [6, 6.07) is 8.04. The number of rotatable bonds is 7. The Hall–Kier alpha value is -2.33. The van der Waals surface area contributed by atoms with Crippen LogP contribution in [0.25, 0.3) is 10.8 Å². The lowest BCUT2D eigenvalue weighted by Crippen LogP contribution is -2.19. The average molecular weight is 377 g/mol. The fourth-order valence-corrected chi connectivity index (χ4v) is 4.39. The van der Waals surface area contributed by atoms with E-state index in [1.165, 1.54) is 0 Å². The highest BCUT2D eigenvalue weighted by molar-refractivity contribution is 6.08. The second-order valence-corrected chi connectivity index (χ2v) is 8.20. The number of Topliss-reactive ketones (excluding diaryl/α,β-unsaturated/α-hetero) is 1. The van der Waals surface area contributed by atoms with Gasteiger partial charge in [0.2, 0.25) is 0 Å². The van der Waals surface area contributed by atoms with Crippen molar-refractivity contribution in [3.05, 3.63) is 54.0 Å². The van der Waals surface area contributed by atoms with E-state index >= 15 is 0 Å². The summed E-state index contributed by atoms with van der Waals surface area (Å²) >= 11 is 0. The number of aliphatic hydroxyl groups is 1. The Morgan fingerprint density at radius 3 is 2.82 bits per heavy atom. The molecule has 1 unspecified atom stereocenters. The average Bonchev–Trinajstić information content (AvgIpc) is 3.23. The van der Waals surface area contributed by atoms with E-state index in [0.717, 1.165) is 67.0 Å². The van der Waals surface area contributed by atoms with Gasteiger partial charge in [0, 0.05) is 47.6 Å². The van der Waals surface area contributed by atoms with E-state index in [4.69, 9.17) is 0 Å². The largest absolute Gasteiger partial charge is 0.393 e. The Morgan fingerprint density at radius 2 is 2.04 bits per heavy atom. The van der Waals surface area contributed by atoms with Crippen molar-refractivity contribution >= 4 is 22.8 Å². The quantitative estimate of drug-likeness (QED) is 0.700. The van der Waals surface area contributed by atoms with E-state index in [9.17, 15) is 9.90 Å². The van der Waals surface area contributed by atoms with Crippen molar-refractivity contribution in [1.29, 1.82) is 0 Å². The zero-order valence-electron chi connectivity index (χ0n) is 16.3. The Labute approximate surface area is 166 Å². The number of benzene rings is 1. The van der Waals surface area contributed by atoms with Crippen LogP contribution in [-0.4, -0.2) is 28.2 Å². The normalized spacial score (nSPS) is 24.1. The lowest BCUT2D eigenvalue weighted by atomic mass is 9.84. The topological polar surface area (TPSA) is 62.5 Å². The molecule has 2 aliphatic rings. The maximum atomic E-state index is 12.9. The fraction of sp³-hybridized carbons (Fsp3) is 0.458. The molecule has 146 valence electrons. The SMILES string of the molecule is O=C(CCCC1C=CN=C1)c1cccc2cnc(CC3CCC(O)CC3)cc12. The smallest absolute Gasteiger partial charge is 0.163 e. The molecule has 0 bridgehead atoms. The highest BCUT2D eigenvalue weighted by atomic mass is 16.3. The summed E-state index contributed by atoms with van der Waals surface area (Å²) in [6.07, 6.45) is 14.9. The van der Waals surface area contributed by atoms with Gasteiger partial charge in [0.1, 0.15) is 0 Å². The van der Waals surface area contributed by atoms with Crippen LogP contribution in [0.4, 0.5) is 0 Å². The van der Waals surface area contributed by atoms with Crippen LogP contribution in [0.2, 0.25) is 0 Å². The van der Waals surface area contributed by atoms with Gasteiger partial charge in [-0.1, -0.05) is 24.3 Å². The van der Waals surface area contributed by atoms with Crippen LogP contribution in [0.15, 0.2) is 47.7 Å². The lowest BCUT2D eigenvalue weighted by Gasteiger charge is -2.25. The zero-order chi connectivity index (χ0) is 19.3. The summed E-state index contributed by atoms with van der Waals surface area (Å²) in [5.74, 6) is 1.17. The highest BCUT2D eigenvalue weighted by Gasteiger charge is 2.20. The molecule has 1 aliphatic heterocycles. The summed E-state index contributed by atoms with van der Waals surface area (Å²) in [6.45, 7) is 0. The molecular formula is C24H28N2O2. The van der Waals surface area contributed by atoms with Crippen molar-refractivity contribution in [1.82, 2.24) is 4.98 Å². The van der Waals surface area contributed by atoms with Gasteiger partial charge < -0.3 is 5.11 Å². The van der Waals surface area contributed by atoms with Gasteiger partial charge in [0.05, 0.1) is 6.10 Å². The summed E-state index contributed by atoms with van der Waals surface area (Å²) in [5, 5.41) is 11.8. The summed E-state index contributed by atoms with van der Waals surface area (Å²) in [5.41, 5.74) is 1.87. The number of allylic oxidation sites excluding steroid dienone is 1. The summed E-state index contributed by atoms with van der Waals surface area (Å²) < 4.78 is 0. The van der Waals surface area contributed by atoms with Crippen LogP contribution in [-0.2, 0) is 6.42 Å². The molecule has 0 spiro atoms. The number of fused-ring (bicyclic) bond motifs is 1. The van der Waals surface area contributed by atoms with E-state index in [2.05, 4.69) is 22.1 Å². The fourth-order valence-electron chi connectivity index (χ4n) is 4.39. The minimum Gasteiger partial charge on any atom is -0.393 e. The third-order valence-electron chi connectivity index (χ3n) is 6.07. The van der Waals surface area contributed by atoms with E-state index < -0.39 is 0 Å². The minimum atomic E-state index is -0.129. The molecule has 2 aromatic rings. The van der Waals surface area contributed by atoms with Crippen molar-refractivity contribution in [2.24, 2.45) is 16.8 Å². The van der Waals surface area contributed by atoms with Gasteiger partial charge in [-0.25, -0.2) is 0 Å². The first-order valence-corrected chi connectivity index (χ1v) is 10.5. The molecule has 0 saturated heterocycles. The van der Waals surface area contributed by atoms with Gasteiger partial charge in [0.15, 0.2) is 5.78 Å². The number of aromatic nitrogens is 1. The highest BCUT2D eigenvalue weighted by Crippen LogP contribution is 2.28. The Bertz CT molecular complexity index is 883. The standard InChI is InChI=1S/C24H28N2O2/c27-21-9-7-17(8-10-21)13-20-14-23-19(16-26-20)4-2-5-22(23)24(28)6-1-3-18-11-12-25-15-18/h2,4-5,11-12,14-18,21,27H,1,3,6-10,13H2. The van der Waals surface area contributed by atoms with Crippen LogP contribution in [0.1, 0.15) is 61.0 Å². The first-order valence-electron chi connectivity index (χ1n) is 10.5. The van der Waals surface area contributed by atoms with Gasteiger partial charge >= 0.3 is 0 Å². The summed E-state index contributed by atoms with van der Waals surface area (Å²) in [7, 11) is 0. The Morgan fingerprint density at radius 1 is 1.18 bits per heavy atom. The molecule has 4 rings (SSSR count). The number of nitrogens with zero attached hydrogens (tertiary/aromatic N) is 2. The molecule has 2 heterocycles. The van der Waals surface area contributed by atoms with Crippen LogP contribution in [0.5, 0.6) is 0 Å². The Kier molecular flexibility index (Phi) is 5.96. The molecular weight excluding hydrogens is 348 g/mol. The second kappa shape index (κ2) is 8.78. The number of aliphatic imine (C=N–C) groups is 1. The van der Waals surface area contributed by atoms with E-state index in [1.54, 1.807) is 0 Å². The van der Waals surface area contributed by atoms with Crippen molar-refractivity contribution < 1.29 is 9.90 Å². The lowest BCUT2D eigenvalue weighted by molar-refractivity contribution is 0.0980. The molecule has 1 fully saturated rings. The van der Waals surface area contributed by atoms with Crippen LogP contribution < -0.4 is 0 Å². The monoisotopic (exact) mass is 376 g/mol. The summed E-state index contributed by atoms with van der Waals surface area (Å²) in [4.78, 5) is 21.6. The number of pyridine rings is 1. The third-order valence-corrected chi connectivity index (χ3v) is 6.07. The molecule has 1 atom stereocenters. The van der Waals surface area contributed by atoms with Crippen LogP contribution in [0.3, 0.4) is 0 Å². The van der Waals surface area contributed by atoms with Gasteiger partial charge in [0.25, 0.3) is 0 Å². The molecule has 28 heavy (non-hydrogen) atoms. The third kappa shape index (κ3) is 4.56. The molecule has 1 saturated carbocycles. The van der Waals surface area contributed by atoms with Gasteiger partial charge in [-0.15, -0.1) is 0 Å². The van der Waals surface area contributed by atoms with Crippen molar-refractivity contribution in [3.8, 4) is 0 Å². The van der Waals surface area contributed by atoms with Crippen molar-refractivity contribution in [2.75, 3.05) is 0 Å². The molecule has 1 aromatic heterocycles. The molecule has 1 N–H and O–H groups in total. The molecule has 4 nitrogen and oxygen atoms in total. The number of aliphatic hydroxyl groups excluding tert-OH is 1. The predicted octanol–water partition coefficient (Wildman–Crippen LogP) is 4.90. The van der Waals surface area contributed by atoms with Gasteiger partial charge in [-0.2, -0.15) is 0 Å². The van der Waals surface area contributed by atoms with Crippen LogP contribution >= 0.6 is 0 Å².